The van der Waals surface area contributed by atoms with Gasteiger partial charge in [0.1, 0.15) is 6.10 Å². The minimum absolute atomic E-state index is 0.360. The van der Waals surface area contributed by atoms with Crippen molar-refractivity contribution in [3.8, 4) is 0 Å². The standard InChI is InChI=1S/C9H10N4O/c1-6-4-2-3-5-7(6)8(14)9-10-12-13-11-9/h2-5,8,14H,1H3,(H,10,11,12,13). The van der Waals surface area contributed by atoms with E-state index in [1.54, 1.807) is 0 Å². The van der Waals surface area contributed by atoms with Gasteiger partial charge >= 0.3 is 0 Å². The summed E-state index contributed by atoms with van der Waals surface area (Å²) in [7, 11) is 0. The van der Waals surface area contributed by atoms with Gasteiger partial charge in [-0.05, 0) is 28.5 Å². The molecule has 5 heteroatoms. The van der Waals surface area contributed by atoms with Crippen LogP contribution in [0.3, 0.4) is 0 Å². The van der Waals surface area contributed by atoms with E-state index in [0.29, 0.717) is 5.82 Å². The molecule has 0 aliphatic rings. The summed E-state index contributed by atoms with van der Waals surface area (Å²) in [5.41, 5.74) is 1.82. The Hall–Kier alpha value is -1.75. The lowest BCUT2D eigenvalue weighted by atomic mass is 10.0. The van der Waals surface area contributed by atoms with E-state index in [1.807, 2.05) is 31.2 Å². The number of aryl methyl sites for hydroxylation is 1. The van der Waals surface area contributed by atoms with Crippen molar-refractivity contribution < 1.29 is 5.11 Å². The summed E-state index contributed by atoms with van der Waals surface area (Å²) in [6, 6.07) is 7.57. The van der Waals surface area contributed by atoms with E-state index in [-0.39, 0.29) is 0 Å². The maximum absolute atomic E-state index is 9.89. The van der Waals surface area contributed by atoms with Crippen LogP contribution in [-0.2, 0) is 0 Å². The van der Waals surface area contributed by atoms with Gasteiger partial charge in [-0.25, -0.2) is 5.10 Å². The van der Waals surface area contributed by atoms with Crippen molar-refractivity contribution >= 4 is 0 Å². The number of hydrogen-bond acceptors (Lipinski definition) is 4. The number of aliphatic hydroxyl groups is 1. The highest BCUT2D eigenvalue weighted by Gasteiger charge is 2.15. The van der Waals surface area contributed by atoms with Crippen molar-refractivity contribution in [2.24, 2.45) is 0 Å². The van der Waals surface area contributed by atoms with Crippen LogP contribution in [0.5, 0.6) is 0 Å². The van der Waals surface area contributed by atoms with Gasteiger partial charge in [0, 0.05) is 0 Å². The maximum Gasteiger partial charge on any atom is 0.182 e. The Kier molecular flexibility index (Phi) is 2.24. The quantitative estimate of drug-likeness (QED) is 0.726. The molecule has 5 nitrogen and oxygen atoms in total. The number of tetrazole rings is 1. The van der Waals surface area contributed by atoms with E-state index in [9.17, 15) is 5.11 Å². The molecule has 0 aliphatic carbocycles. The smallest absolute Gasteiger partial charge is 0.182 e. The molecule has 2 N–H and O–H groups in total. The van der Waals surface area contributed by atoms with Gasteiger partial charge in [-0.15, -0.1) is 5.10 Å². The van der Waals surface area contributed by atoms with Gasteiger partial charge in [-0.2, -0.15) is 0 Å². The van der Waals surface area contributed by atoms with Gasteiger partial charge in [0.2, 0.25) is 0 Å². The lowest BCUT2D eigenvalue weighted by Crippen LogP contribution is -2.03. The zero-order valence-corrected chi connectivity index (χ0v) is 7.68. The van der Waals surface area contributed by atoms with Crippen molar-refractivity contribution in [2.75, 3.05) is 0 Å². The molecule has 0 bridgehead atoms. The highest BCUT2D eigenvalue weighted by atomic mass is 16.3. The van der Waals surface area contributed by atoms with Crippen LogP contribution in [0, 0.1) is 6.92 Å². The number of aromatic nitrogens is 4. The van der Waals surface area contributed by atoms with Gasteiger partial charge in [-0.1, -0.05) is 24.3 Å². The third kappa shape index (κ3) is 1.49. The molecule has 2 rings (SSSR count). The molecular formula is C9H10N4O. The van der Waals surface area contributed by atoms with Crippen LogP contribution in [0.25, 0.3) is 0 Å². The molecule has 1 aromatic heterocycles. The van der Waals surface area contributed by atoms with Crippen LogP contribution in [0.4, 0.5) is 0 Å². The summed E-state index contributed by atoms with van der Waals surface area (Å²) in [5.74, 6) is 0.360. The van der Waals surface area contributed by atoms with Crippen LogP contribution in [0.1, 0.15) is 23.1 Å². The Morgan fingerprint density at radius 1 is 1.36 bits per heavy atom. The molecule has 1 aromatic carbocycles. The summed E-state index contributed by atoms with van der Waals surface area (Å²) in [4.78, 5) is 0. The Bertz CT molecular complexity index is 413. The predicted octanol–water partition coefficient (Wildman–Crippen LogP) is 0.590. The summed E-state index contributed by atoms with van der Waals surface area (Å²) >= 11 is 0. The first-order valence-electron chi connectivity index (χ1n) is 4.26. The third-order valence-electron chi connectivity index (χ3n) is 2.10. The first kappa shape index (κ1) is 8.83. The number of rotatable bonds is 2. The monoisotopic (exact) mass is 190 g/mol. The molecule has 2 aromatic rings. The van der Waals surface area contributed by atoms with Crippen molar-refractivity contribution in [1.82, 2.24) is 20.6 Å². The van der Waals surface area contributed by atoms with E-state index in [0.717, 1.165) is 11.1 Å². The molecule has 0 amide bonds. The fraction of sp³-hybridized carbons (Fsp3) is 0.222. The maximum atomic E-state index is 9.89. The second kappa shape index (κ2) is 3.55. The van der Waals surface area contributed by atoms with Gasteiger partial charge in [0.15, 0.2) is 5.82 Å². The average Bonchev–Trinajstić information content (AvgIpc) is 2.70. The molecule has 0 aliphatic heterocycles. The van der Waals surface area contributed by atoms with E-state index in [2.05, 4.69) is 20.6 Å². The SMILES string of the molecule is Cc1ccccc1C(O)c1nnn[nH]1. The Balaban J connectivity index is 2.37. The number of hydrogen-bond donors (Lipinski definition) is 2. The van der Waals surface area contributed by atoms with Crippen LogP contribution in [-0.4, -0.2) is 25.7 Å². The van der Waals surface area contributed by atoms with Crippen LogP contribution >= 0.6 is 0 Å². The fourth-order valence-corrected chi connectivity index (χ4v) is 1.32. The molecule has 0 radical (unpaired) electrons. The van der Waals surface area contributed by atoms with Gasteiger partial charge in [0.05, 0.1) is 0 Å². The molecule has 1 unspecified atom stereocenters. The molecule has 1 heterocycles. The largest absolute Gasteiger partial charge is 0.380 e. The van der Waals surface area contributed by atoms with E-state index in [1.165, 1.54) is 0 Å². The molecular weight excluding hydrogens is 180 g/mol. The van der Waals surface area contributed by atoms with Gasteiger partial charge in [-0.3, -0.25) is 0 Å². The lowest BCUT2D eigenvalue weighted by molar-refractivity contribution is 0.209. The number of nitrogens with zero attached hydrogens (tertiary/aromatic N) is 3. The molecule has 0 fully saturated rings. The zero-order chi connectivity index (χ0) is 9.97. The Labute approximate surface area is 80.8 Å². The van der Waals surface area contributed by atoms with E-state index >= 15 is 0 Å². The number of H-pyrrole nitrogens is 1. The number of benzene rings is 1. The summed E-state index contributed by atoms with van der Waals surface area (Å²) in [5, 5.41) is 22.9. The predicted molar refractivity (Wildman–Crippen MR) is 49.4 cm³/mol. The topological polar surface area (TPSA) is 74.7 Å². The minimum atomic E-state index is -0.786. The summed E-state index contributed by atoms with van der Waals surface area (Å²) in [6.45, 7) is 1.93. The molecule has 0 saturated heterocycles. The van der Waals surface area contributed by atoms with E-state index in [4.69, 9.17) is 0 Å². The van der Waals surface area contributed by atoms with Crippen molar-refractivity contribution in [3.05, 3.63) is 41.2 Å². The normalized spacial score (nSPS) is 12.7. The van der Waals surface area contributed by atoms with Crippen molar-refractivity contribution in [1.29, 1.82) is 0 Å². The van der Waals surface area contributed by atoms with Crippen LogP contribution in [0.2, 0.25) is 0 Å². The Morgan fingerprint density at radius 2 is 2.14 bits per heavy atom. The van der Waals surface area contributed by atoms with E-state index < -0.39 is 6.10 Å². The fourth-order valence-electron chi connectivity index (χ4n) is 1.32. The van der Waals surface area contributed by atoms with Crippen molar-refractivity contribution in [3.63, 3.8) is 0 Å². The average molecular weight is 190 g/mol. The Morgan fingerprint density at radius 3 is 2.79 bits per heavy atom. The molecule has 14 heavy (non-hydrogen) atoms. The minimum Gasteiger partial charge on any atom is -0.380 e. The number of aliphatic hydroxyl groups excluding tert-OH is 1. The highest BCUT2D eigenvalue weighted by Crippen LogP contribution is 2.20. The van der Waals surface area contributed by atoms with Crippen LogP contribution in [0.15, 0.2) is 24.3 Å². The summed E-state index contributed by atoms with van der Waals surface area (Å²) in [6.07, 6.45) is -0.786. The zero-order valence-electron chi connectivity index (χ0n) is 7.68. The van der Waals surface area contributed by atoms with Crippen LogP contribution < -0.4 is 0 Å². The number of aromatic amines is 1. The molecule has 72 valence electrons. The number of nitrogens with one attached hydrogen (secondary N) is 1. The van der Waals surface area contributed by atoms with Crippen molar-refractivity contribution in [2.45, 2.75) is 13.0 Å². The third-order valence-corrected chi connectivity index (χ3v) is 2.10. The first-order valence-corrected chi connectivity index (χ1v) is 4.26. The van der Waals surface area contributed by atoms with Gasteiger partial charge < -0.3 is 5.11 Å². The van der Waals surface area contributed by atoms with Gasteiger partial charge in [0.25, 0.3) is 0 Å². The lowest BCUT2D eigenvalue weighted by Gasteiger charge is -2.09. The molecule has 0 spiro atoms. The molecule has 1 atom stereocenters. The molecule has 0 saturated carbocycles. The highest BCUT2D eigenvalue weighted by molar-refractivity contribution is 5.30. The summed E-state index contributed by atoms with van der Waals surface area (Å²) < 4.78 is 0. The second-order valence-corrected chi connectivity index (χ2v) is 3.05. The first-order chi connectivity index (χ1) is 6.79. The second-order valence-electron chi connectivity index (χ2n) is 3.05.